The largest absolute Gasteiger partial charge is 0.486 e. The summed E-state index contributed by atoms with van der Waals surface area (Å²) in [5, 5.41) is 0.972. The highest BCUT2D eigenvalue weighted by atomic mass is 32.1. The Kier molecular flexibility index (Phi) is 3.94. The quantitative estimate of drug-likeness (QED) is 0.717. The SMILES string of the molecule is CCC(=O)N1CCc2cc(OCc3nc4ccccc4s3)ccc21. The van der Waals surface area contributed by atoms with Crippen LogP contribution in [0.2, 0.25) is 0 Å². The summed E-state index contributed by atoms with van der Waals surface area (Å²) >= 11 is 1.66. The molecule has 1 aliphatic heterocycles. The van der Waals surface area contributed by atoms with E-state index in [1.54, 1.807) is 11.3 Å². The Morgan fingerprint density at radius 3 is 3.00 bits per heavy atom. The van der Waals surface area contributed by atoms with E-state index in [1.165, 1.54) is 10.3 Å². The Morgan fingerprint density at radius 1 is 1.29 bits per heavy atom. The van der Waals surface area contributed by atoms with Crippen molar-refractivity contribution in [3.63, 3.8) is 0 Å². The van der Waals surface area contributed by atoms with Crippen molar-refractivity contribution in [3.05, 3.63) is 53.0 Å². The van der Waals surface area contributed by atoms with Crippen LogP contribution in [0, 0.1) is 0 Å². The van der Waals surface area contributed by atoms with E-state index in [0.29, 0.717) is 13.0 Å². The number of rotatable bonds is 4. The monoisotopic (exact) mass is 338 g/mol. The van der Waals surface area contributed by atoms with Gasteiger partial charge < -0.3 is 9.64 Å². The van der Waals surface area contributed by atoms with Gasteiger partial charge in [-0.25, -0.2) is 4.98 Å². The molecule has 2 aromatic carbocycles. The van der Waals surface area contributed by atoms with Crippen LogP contribution in [0.15, 0.2) is 42.5 Å². The average Bonchev–Trinajstić information content (AvgIpc) is 3.22. The highest BCUT2D eigenvalue weighted by Gasteiger charge is 2.23. The molecule has 4 nitrogen and oxygen atoms in total. The van der Waals surface area contributed by atoms with Crippen molar-refractivity contribution in [1.82, 2.24) is 4.98 Å². The highest BCUT2D eigenvalue weighted by Crippen LogP contribution is 2.32. The number of aromatic nitrogens is 1. The lowest BCUT2D eigenvalue weighted by Crippen LogP contribution is -2.27. The molecule has 4 rings (SSSR count). The number of benzene rings is 2. The molecule has 1 aromatic heterocycles. The van der Waals surface area contributed by atoms with Gasteiger partial charge in [0.1, 0.15) is 17.4 Å². The molecule has 0 aliphatic carbocycles. The summed E-state index contributed by atoms with van der Waals surface area (Å²) in [6.07, 6.45) is 1.43. The third-order valence-electron chi connectivity index (χ3n) is 4.25. The zero-order valence-corrected chi connectivity index (χ0v) is 14.3. The fraction of sp³-hybridized carbons (Fsp3) is 0.263. The first kappa shape index (κ1) is 15.1. The standard InChI is InChI=1S/C19H18N2O2S/c1-2-19(22)21-10-9-13-11-14(7-8-16(13)21)23-12-18-20-15-5-3-4-6-17(15)24-18/h3-8,11H,2,9-10,12H2,1H3. The van der Waals surface area contributed by atoms with Crippen LogP contribution < -0.4 is 9.64 Å². The van der Waals surface area contributed by atoms with Crippen molar-refractivity contribution in [2.75, 3.05) is 11.4 Å². The number of hydrogen-bond acceptors (Lipinski definition) is 4. The number of carbonyl (C=O) groups is 1. The summed E-state index contributed by atoms with van der Waals surface area (Å²) in [5.41, 5.74) is 3.22. The van der Waals surface area contributed by atoms with Gasteiger partial charge in [-0.15, -0.1) is 11.3 Å². The van der Waals surface area contributed by atoms with E-state index in [1.807, 2.05) is 48.2 Å². The third kappa shape index (κ3) is 2.76. The number of anilines is 1. The zero-order chi connectivity index (χ0) is 16.5. The van der Waals surface area contributed by atoms with E-state index in [0.717, 1.165) is 34.9 Å². The summed E-state index contributed by atoms with van der Waals surface area (Å²) < 4.78 is 7.09. The molecule has 122 valence electrons. The molecule has 5 heteroatoms. The molecule has 3 aromatic rings. The summed E-state index contributed by atoms with van der Waals surface area (Å²) in [6, 6.07) is 14.1. The van der Waals surface area contributed by atoms with Gasteiger partial charge in [-0.2, -0.15) is 0 Å². The summed E-state index contributed by atoms with van der Waals surface area (Å²) in [6.45, 7) is 3.13. The molecule has 0 saturated heterocycles. The van der Waals surface area contributed by atoms with Gasteiger partial charge in [0, 0.05) is 18.7 Å². The predicted molar refractivity (Wildman–Crippen MR) is 96.7 cm³/mol. The van der Waals surface area contributed by atoms with E-state index in [-0.39, 0.29) is 5.91 Å². The Morgan fingerprint density at radius 2 is 2.17 bits per heavy atom. The van der Waals surface area contributed by atoms with Crippen molar-refractivity contribution in [2.45, 2.75) is 26.4 Å². The molecule has 0 radical (unpaired) electrons. The topological polar surface area (TPSA) is 42.4 Å². The Balaban J connectivity index is 1.49. The molecule has 0 spiro atoms. The van der Waals surface area contributed by atoms with Gasteiger partial charge in [0.2, 0.25) is 5.91 Å². The second-order valence-corrected chi connectivity index (χ2v) is 6.92. The Hall–Kier alpha value is -2.40. The first-order valence-electron chi connectivity index (χ1n) is 8.15. The third-order valence-corrected chi connectivity index (χ3v) is 5.26. The molecular formula is C19H18N2O2S. The van der Waals surface area contributed by atoms with E-state index in [4.69, 9.17) is 4.74 Å². The van der Waals surface area contributed by atoms with E-state index < -0.39 is 0 Å². The molecule has 2 heterocycles. The number of thiazole rings is 1. The van der Waals surface area contributed by atoms with Gasteiger partial charge in [-0.1, -0.05) is 19.1 Å². The van der Waals surface area contributed by atoms with Gasteiger partial charge in [-0.3, -0.25) is 4.79 Å². The molecular weight excluding hydrogens is 320 g/mol. The molecule has 0 saturated carbocycles. The molecule has 0 N–H and O–H groups in total. The highest BCUT2D eigenvalue weighted by molar-refractivity contribution is 7.18. The molecule has 0 unspecified atom stereocenters. The lowest BCUT2D eigenvalue weighted by Gasteiger charge is -2.16. The van der Waals surface area contributed by atoms with Gasteiger partial charge in [0.05, 0.1) is 10.2 Å². The number of ether oxygens (including phenoxy) is 1. The maximum absolute atomic E-state index is 11.9. The van der Waals surface area contributed by atoms with Crippen LogP contribution >= 0.6 is 11.3 Å². The second kappa shape index (κ2) is 6.24. The van der Waals surface area contributed by atoms with Crippen LogP contribution in [0.5, 0.6) is 5.75 Å². The minimum absolute atomic E-state index is 0.178. The maximum Gasteiger partial charge on any atom is 0.226 e. The smallest absolute Gasteiger partial charge is 0.226 e. The van der Waals surface area contributed by atoms with Gasteiger partial charge in [-0.05, 0) is 42.3 Å². The van der Waals surface area contributed by atoms with Gasteiger partial charge >= 0.3 is 0 Å². The number of nitrogens with zero attached hydrogens (tertiary/aromatic N) is 2. The van der Waals surface area contributed by atoms with Crippen molar-refractivity contribution in [1.29, 1.82) is 0 Å². The van der Waals surface area contributed by atoms with Gasteiger partial charge in [0.15, 0.2) is 0 Å². The molecule has 0 atom stereocenters. The number of para-hydroxylation sites is 1. The van der Waals surface area contributed by atoms with Crippen LogP contribution in [0.1, 0.15) is 23.9 Å². The first-order chi connectivity index (χ1) is 11.7. The number of hydrogen-bond donors (Lipinski definition) is 0. The minimum atomic E-state index is 0.178. The Bertz CT molecular complexity index is 870. The molecule has 24 heavy (non-hydrogen) atoms. The van der Waals surface area contributed by atoms with Crippen LogP contribution in [-0.2, 0) is 17.8 Å². The molecule has 1 amide bonds. The fourth-order valence-electron chi connectivity index (χ4n) is 3.04. The van der Waals surface area contributed by atoms with E-state index in [9.17, 15) is 4.79 Å². The van der Waals surface area contributed by atoms with E-state index in [2.05, 4.69) is 11.1 Å². The van der Waals surface area contributed by atoms with Crippen LogP contribution in [0.3, 0.4) is 0 Å². The molecule has 0 bridgehead atoms. The summed E-state index contributed by atoms with van der Waals surface area (Å²) in [7, 11) is 0. The van der Waals surface area contributed by atoms with Crippen molar-refractivity contribution in [2.24, 2.45) is 0 Å². The van der Waals surface area contributed by atoms with Crippen LogP contribution in [0.4, 0.5) is 5.69 Å². The number of carbonyl (C=O) groups excluding carboxylic acids is 1. The van der Waals surface area contributed by atoms with Crippen molar-refractivity contribution >= 4 is 33.1 Å². The Labute approximate surface area is 144 Å². The summed E-state index contributed by atoms with van der Waals surface area (Å²) in [4.78, 5) is 18.4. The first-order valence-corrected chi connectivity index (χ1v) is 8.97. The van der Waals surface area contributed by atoms with Crippen LogP contribution in [-0.4, -0.2) is 17.4 Å². The van der Waals surface area contributed by atoms with Crippen molar-refractivity contribution < 1.29 is 9.53 Å². The lowest BCUT2D eigenvalue weighted by atomic mass is 10.1. The number of amides is 1. The normalized spacial score (nSPS) is 13.3. The second-order valence-electron chi connectivity index (χ2n) is 5.80. The summed E-state index contributed by atoms with van der Waals surface area (Å²) in [5.74, 6) is 1.01. The zero-order valence-electron chi connectivity index (χ0n) is 13.5. The minimum Gasteiger partial charge on any atom is -0.486 e. The lowest BCUT2D eigenvalue weighted by molar-refractivity contribution is -0.118. The van der Waals surface area contributed by atoms with E-state index >= 15 is 0 Å². The van der Waals surface area contributed by atoms with Crippen molar-refractivity contribution in [3.8, 4) is 5.75 Å². The predicted octanol–water partition coefficient (Wildman–Crippen LogP) is 4.17. The fourth-order valence-corrected chi connectivity index (χ4v) is 3.93. The van der Waals surface area contributed by atoms with Gasteiger partial charge in [0.25, 0.3) is 0 Å². The average molecular weight is 338 g/mol. The van der Waals surface area contributed by atoms with Crippen LogP contribution in [0.25, 0.3) is 10.2 Å². The molecule has 1 aliphatic rings. The number of fused-ring (bicyclic) bond motifs is 2. The molecule has 0 fully saturated rings. The maximum atomic E-state index is 11.9.